The van der Waals surface area contributed by atoms with Gasteiger partial charge in [-0.1, -0.05) is 84.9 Å². The summed E-state index contributed by atoms with van der Waals surface area (Å²) in [5.41, 5.74) is 7.47. The Morgan fingerprint density at radius 1 is 0.571 bits per heavy atom. The maximum Gasteiger partial charge on any atom is 0.223 e. The lowest BCUT2D eigenvalue weighted by Crippen LogP contribution is -2.68. The van der Waals surface area contributed by atoms with Gasteiger partial charge in [0.05, 0.1) is 4.88 Å². The molecule has 35 heavy (non-hydrogen) atoms. The lowest BCUT2D eigenvalue weighted by Gasteiger charge is -2.17. The van der Waals surface area contributed by atoms with Crippen LogP contribution in [0.3, 0.4) is 0 Å². The minimum atomic E-state index is -4.94. The molecule has 0 saturated carbocycles. The fraction of sp³-hybridized carbons (Fsp3) is 0.0357. The van der Waals surface area contributed by atoms with Crippen molar-refractivity contribution in [2.75, 3.05) is 0 Å². The van der Waals surface area contributed by atoms with Crippen molar-refractivity contribution in [3.8, 4) is 33.0 Å². The fourth-order valence-corrected chi connectivity index (χ4v) is 4.58. The van der Waals surface area contributed by atoms with Gasteiger partial charge >= 0.3 is 0 Å². The second-order valence-electron chi connectivity index (χ2n) is 7.67. The molecule has 0 aliphatic rings. The van der Waals surface area contributed by atoms with Crippen molar-refractivity contribution in [1.29, 1.82) is 0 Å². The molecule has 176 valence electrons. The molecule has 0 fully saturated rings. The smallest absolute Gasteiger partial charge is 0.222 e. The lowest BCUT2D eigenvalue weighted by molar-refractivity contribution is -2.00. The number of pyridine rings is 1. The van der Waals surface area contributed by atoms with Crippen LogP contribution in [0, 0.1) is 10.2 Å². The molecule has 0 bridgehead atoms. The third kappa shape index (κ3) is 7.07. The number of hydrogen-bond donors (Lipinski definition) is 0. The molecule has 0 unspecified atom stereocenters. The zero-order valence-electron chi connectivity index (χ0n) is 18.6. The third-order valence-electron chi connectivity index (χ3n) is 5.30. The second-order valence-corrected chi connectivity index (χ2v) is 9.38. The molecule has 2 aromatic heterocycles. The molecule has 0 N–H and O–H groups in total. The summed E-state index contributed by atoms with van der Waals surface area (Å²) in [4.78, 5) is 1.28. The molecule has 2 heterocycles. The quantitative estimate of drug-likeness (QED) is 0.344. The van der Waals surface area contributed by atoms with E-state index in [1.54, 1.807) is 11.3 Å². The van der Waals surface area contributed by atoms with Crippen molar-refractivity contribution in [2.45, 2.75) is 6.54 Å². The monoisotopic (exact) mass is 503 g/mol. The van der Waals surface area contributed by atoms with Gasteiger partial charge in [0.2, 0.25) is 11.4 Å². The van der Waals surface area contributed by atoms with Crippen molar-refractivity contribution >= 4 is 11.3 Å². The Bertz CT molecular complexity index is 1330. The van der Waals surface area contributed by atoms with Crippen molar-refractivity contribution in [2.24, 2.45) is 0 Å². The zero-order chi connectivity index (χ0) is 24.7. The molecule has 5 nitrogen and oxygen atoms in total. The van der Waals surface area contributed by atoms with Crippen molar-refractivity contribution < 1.29 is 33.4 Å². The first-order valence-corrected chi connectivity index (χ1v) is 12.9. The Morgan fingerprint density at radius 3 is 1.63 bits per heavy atom. The third-order valence-corrected chi connectivity index (χ3v) is 6.19. The van der Waals surface area contributed by atoms with Crippen LogP contribution in [0.15, 0.2) is 121 Å². The molecule has 0 aliphatic carbocycles. The van der Waals surface area contributed by atoms with E-state index in [0.29, 0.717) is 0 Å². The summed E-state index contributed by atoms with van der Waals surface area (Å²) in [7, 11) is -4.94. The minimum absolute atomic E-state index is 0.827. The number of halogens is 1. The first kappa shape index (κ1) is 24.8. The van der Waals surface area contributed by atoms with Crippen molar-refractivity contribution in [3.05, 3.63) is 126 Å². The van der Waals surface area contributed by atoms with E-state index in [2.05, 4.69) is 125 Å². The highest BCUT2D eigenvalue weighted by atomic mass is 35.7. The average molecular weight is 504 g/mol. The average Bonchev–Trinajstić information content (AvgIpc) is 3.40. The summed E-state index contributed by atoms with van der Waals surface area (Å²) in [6.45, 7) is 0.827. The predicted molar refractivity (Wildman–Crippen MR) is 126 cm³/mol. The Labute approximate surface area is 210 Å². The topological polar surface area (TPSA) is 96.1 Å². The van der Waals surface area contributed by atoms with E-state index in [1.165, 1.54) is 38.5 Å². The lowest BCUT2D eigenvalue weighted by atomic mass is 10.0. The molecule has 0 amide bonds. The Morgan fingerprint density at radius 2 is 1.09 bits per heavy atom. The fourth-order valence-electron chi connectivity index (χ4n) is 3.83. The van der Waals surface area contributed by atoms with Gasteiger partial charge in [0.1, 0.15) is 0 Å². The van der Waals surface area contributed by atoms with Gasteiger partial charge in [0.25, 0.3) is 0 Å². The molecule has 0 atom stereocenters. The molecule has 0 saturated heterocycles. The van der Waals surface area contributed by atoms with Crippen LogP contribution in [-0.4, -0.2) is 0 Å². The van der Waals surface area contributed by atoms with Crippen molar-refractivity contribution in [1.82, 2.24) is 0 Å². The molecule has 3 aromatic carbocycles. The summed E-state index contributed by atoms with van der Waals surface area (Å²) in [6.07, 6.45) is 0. The van der Waals surface area contributed by atoms with Gasteiger partial charge in [-0.25, -0.2) is 18.6 Å². The van der Waals surface area contributed by atoms with Crippen LogP contribution in [0.5, 0.6) is 0 Å². The van der Waals surface area contributed by atoms with Gasteiger partial charge in [-0.05, 0) is 34.7 Å². The largest absolute Gasteiger partial charge is 0.223 e. The van der Waals surface area contributed by atoms with Crippen LogP contribution >= 0.6 is 11.3 Å². The van der Waals surface area contributed by atoms with Crippen LogP contribution in [0.25, 0.3) is 33.0 Å². The summed E-state index contributed by atoms with van der Waals surface area (Å²) in [6, 6.07) is 41.0. The van der Waals surface area contributed by atoms with E-state index in [1.807, 2.05) is 0 Å². The molecular formula is C28H22ClNO4S. The van der Waals surface area contributed by atoms with E-state index >= 15 is 0 Å². The highest BCUT2D eigenvalue weighted by Gasteiger charge is 2.23. The minimum Gasteiger partial charge on any atom is -0.222 e. The Hall–Kier alpha value is -3.36. The summed E-state index contributed by atoms with van der Waals surface area (Å²) in [5, 5.41) is 2.15. The highest BCUT2D eigenvalue weighted by Crippen LogP contribution is 2.31. The number of thiophene rings is 1. The van der Waals surface area contributed by atoms with E-state index in [4.69, 9.17) is 18.6 Å². The Kier molecular flexibility index (Phi) is 8.05. The number of nitrogens with zero attached hydrogens (tertiary/aromatic N) is 1. The van der Waals surface area contributed by atoms with Crippen LogP contribution in [0.4, 0.5) is 0 Å². The summed E-state index contributed by atoms with van der Waals surface area (Å²) < 4.78 is 36.4. The molecule has 5 rings (SSSR count). The first-order valence-electron chi connectivity index (χ1n) is 10.8. The molecule has 0 aliphatic heterocycles. The van der Waals surface area contributed by atoms with Crippen LogP contribution in [0.1, 0.15) is 5.56 Å². The van der Waals surface area contributed by atoms with Gasteiger partial charge in [-0.15, -0.1) is 21.6 Å². The van der Waals surface area contributed by atoms with Crippen LogP contribution in [0.2, 0.25) is 0 Å². The number of hydrogen-bond acceptors (Lipinski definition) is 5. The maximum absolute atomic E-state index is 8.49. The molecule has 5 aromatic rings. The zero-order valence-corrected chi connectivity index (χ0v) is 20.2. The summed E-state index contributed by atoms with van der Waals surface area (Å²) in [5.74, 6) is 0. The van der Waals surface area contributed by atoms with E-state index < -0.39 is 10.2 Å². The number of rotatable bonds is 5. The second kappa shape index (κ2) is 11.4. The molecule has 0 spiro atoms. The number of benzene rings is 3. The van der Waals surface area contributed by atoms with Gasteiger partial charge in [0.15, 0.2) is 6.54 Å². The number of aromatic nitrogens is 1. The predicted octanol–water partition coefficient (Wildman–Crippen LogP) is 2.33. The van der Waals surface area contributed by atoms with Gasteiger partial charge in [-0.3, -0.25) is 0 Å². The van der Waals surface area contributed by atoms with Gasteiger partial charge in [-0.2, -0.15) is 4.57 Å². The van der Waals surface area contributed by atoms with Gasteiger partial charge < -0.3 is 0 Å². The molecule has 7 heteroatoms. The standard InChI is InChI=1S/C28H22NS.ClHO4/c1-4-11-22(12-5-1)21-29-26(24-15-8-3-9-16-24)19-25(23-13-6-2-7-14-23)20-27(29)28-17-10-18-30-28;2-1(3,4)5/h1-20H,21H2;(H,2,3,4,5)/q+1;/p-1. The van der Waals surface area contributed by atoms with Crippen molar-refractivity contribution in [3.63, 3.8) is 0 Å². The Balaban J connectivity index is 0.000000527. The maximum atomic E-state index is 8.49. The SMILES string of the molecule is [O-][Cl+3]([O-])([O-])[O-].c1ccc(C[n+]2c(-c3ccccc3)cc(-c3ccccc3)cc2-c2cccs2)cc1. The molecule has 0 radical (unpaired) electrons. The van der Waals surface area contributed by atoms with Crippen LogP contribution in [-0.2, 0) is 6.54 Å². The van der Waals surface area contributed by atoms with E-state index in [0.717, 1.165) is 6.54 Å². The molecular weight excluding hydrogens is 482 g/mol. The first-order chi connectivity index (χ1) is 16.9. The highest BCUT2D eigenvalue weighted by molar-refractivity contribution is 7.13. The normalized spacial score (nSPS) is 11.0. The summed E-state index contributed by atoms with van der Waals surface area (Å²) >= 11 is 1.79. The van der Waals surface area contributed by atoms with Crippen LogP contribution < -0.4 is 23.2 Å². The van der Waals surface area contributed by atoms with E-state index in [-0.39, 0.29) is 0 Å². The van der Waals surface area contributed by atoms with E-state index in [9.17, 15) is 0 Å². The van der Waals surface area contributed by atoms with Gasteiger partial charge in [0, 0.05) is 23.3 Å².